The predicted octanol–water partition coefficient (Wildman–Crippen LogP) is 2.91. The molecule has 0 radical (unpaired) electrons. The molecule has 1 aromatic rings. The van der Waals surface area contributed by atoms with Crippen LogP contribution in [0.1, 0.15) is 42.1 Å². The van der Waals surface area contributed by atoms with E-state index in [-0.39, 0.29) is 5.91 Å². The zero-order valence-electron chi connectivity index (χ0n) is 9.99. The van der Waals surface area contributed by atoms with E-state index in [0.29, 0.717) is 6.04 Å². The summed E-state index contributed by atoms with van der Waals surface area (Å²) in [5.41, 5.74) is 1.95. The number of carbonyl (C=O) groups is 1. The first-order valence-electron chi connectivity index (χ1n) is 6.02. The third kappa shape index (κ3) is 2.63. The molecule has 0 spiro atoms. The van der Waals surface area contributed by atoms with Crippen molar-refractivity contribution in [1.82, 2.24) is 5.32 Å². The quantitative estimate of drug-likeness (QED) is 0.810. The summed E-state index contributed by atoms with van der Waals surface area (Å²) in [6.45, 7) is 4.28. The van der Waals surface area contributed by atoms with Gasteiger partial charge in [-0.25, -0.2) is 0 Å². The molecular weight excluding hydrogens is 198 g/mol. The maximum absolute atomic E-state index is 11.9. The molecule has 0 aliphatic heterocycles. The summed E-state index contributed by atoms with van der Waals surface area (Å²) in [5, 5.41) is 3.11. The van der Waals surface area contributed by atoms with Gasteiger partial charge in [-0.2, -0.15) is 0 Å². The van der Waals surface area contributed by atoms with Gasteiger partial charge in [-0.15, -0.1) is 0 Å². The standard InChI is InChI=1S/C14H19NO/c1-10-3-6-12(7-4-10)14(16)15-13-8-5-11(2)9-13/h3-4,6-7,11,13H,5,8-9H2,1-2H3,(H,15,16). The van der Waals surface area contributed by atoms with E-state index in [0.717, 1.165) is 24.3 Å². The van der Waals surface area contributed by atoms with Crippen molar-refractivity contribution in [1.29, 1.82) is 0 Å². The van der Waals surface area contributed by atoms with E-state index in [2.05, 4.69) is 12.2 Å². The number of amides is 1. The summed E-state index contributed by atoms with van der Waals surface area (Å²) in [6.07, 6.45) is 3.48. The summed E-state index contributed by atoms with van der Waals surface area (Å²) in [6, 6.07) is 8.12. The van der Waals surface area contributed by atoms with Gasteiger partial charge in [0.25, 0.3) is 5.91 Å². The van der Waals surface area contributed by atoms with Crippen molar-refractivity contribution in [3.8, 4) is 0 Å². The number of rotatable bonds is 2. The molecule has 1 amide bonds. The first-order chi connectivity index (χ1) is 7.65. The van der Waals surface area contributed by atoms with Gasteiger partial charge in [-0.1, -0.05) is 24.6 Å². The van der Waals surface area contributed by atoms with Crippen LogP contribution in [0.5, 0.6) is 0 Å². The Labute approximate surface area is 97.1 Å². The molecule has 1 saturated carbocycles. The van der Waals surface area contributed by atoms with Crippen LogP contribution in [0.2, 0.25) is 0 Å². The lowest BCUT2D eigenvalue weighted by atomic mass is 10.1. The fraction of sp³-hybridized carbons (Fsp3) is 0.500. The van der Waals surface area contributed by atoms with Gasteiger partial charge < -0.3 is 5.32 Å². The van der Waals surface area contributed by atoms with Crippen LogP contribution in [-0.4, -0.2) is 11.9 Å². The van der Waals surface area contributed by atoms with Gasteiger partial charge in [0.15, 0.2) is 0 Å². The van der Waals surface area contributed by atoms with Crippen molar-refractivity contribution in [3.05, 3.63) is 35.4 Å². The minimum absolute atomic E-state index is 0.0686. The lowest BCUT2D eigenvalue weighted by Gasteiger charge is -2.12. The Hall–Kier alpha value is -1.31. The molecule has 1 aliphatic rings. The highest BCUT2D eigenvalue weighted by atomic mass is 16.1. The van der Waals surface area contributed by atoms with Crippen LogP contribution in [0.25, 0.3) is 0 Å². The number of benzene rings is 1. The lowest BCUT2D eigenvalue weighted by molar-refractivity contribution is 0.0937. The molecule has 2 atom stereocenters. The Kier molecular flexibility index (Phi) is 3.28. The van der Waals surface area contributed by atoms with Crippen LogP contribution in [0.15, 0.2) is 24.3 Å². The average Bonchev–Trinajstić information content (AvgIpc) is 2.65. The highest BCUT2D eigenvalue weighted by Gasteiger charge is 2.22. The fourth-order valence-corrected chi connectivity index (χ4v) is 2.31. The smallest absolute Gasteiger partial charge is 0.251 e. The summed E-state index contributed by atoms with van der Waals surface area (Å²) < 4.78 is 0. The second-order valence-electron chi connectivity index (χ2n) is 4.95. The van der Waals surface area contributed by atoms with E-state index in [1.807, 2.05) is 31.2 Å². The summed E-state index contributed by atoms with van der Waals surface area (Å²) in [4.78, 5) is 11.9. The Morgan fingerprint density at radius 1 is 1.25 bits per heavy atom. The topological polar surface area (TPSA) is 29.1 Å². The number of hydrogen-bond acceptors (Lipinski definition) is 1. The van der Waals surface area contributed by atoms with Crippen LogP contribution in [0.4, 0.5) is 0 Å². The van der Waals surface area contributed by atoms with Gasteiger partial charge >= 0.3 is 0 Å². The molecule has 0 saturated heterocycles. The maximum Gasteiger partial charge on any atom is 0.251 e. The molecule has 0 bridgehead atoms. The van der Waals surface area contributed by atoms with Crippen molar-refractivity contribution in [2.24, 2.45) is 5.92 Å². The largest absolute Gasteiger partial charge is 0.349 e. The Morgan fingerprint density at radius 3 is 2.50 bits per heavy atom. The van der Waals surface area contributed by atoms with E-state index >= 15 is 0 Å². The van der Waals surface area contributed by atoms with Crippen LogP contribution >= 0.6 is 0 Å². The van der Waals surface area contributed by atoms with Crippen LogP contribution in [0, 0.1) is 12.8 Å². The minimum atomic E-state index is 0.0686. The molecule has 1 N–H and O–H groups in total. The van der Waals surface area contributed by atoms with Crippen molar-refractivity contribution in [3.63, 3.8) is 0 Å². The fourth-order valence-electron chi connectivity index (χ4n) is 2.31. The number of aryl methyl sites for hydroxylation is 1. The molecule has 2 nitrogen and oxygen atoms in total. The van der Waals surface area contributed by atoms with Gasteiger partial charge in [0.2, 0.25) is 0 Å². The highest BCUT2D eigenvalue weighted by molar-refractivity contribution is 5.94. The van der Waals surface area contributed by atoms with E-state index in [1.165, 1.54) is 12.0 Å². The van der Waals surface area contributed by atoms with Crippen LogP contribution in [-0.2, 0) is 0 Å². The Morgan fingerprint density at radius 2 is 1.94 bits per heavy atom. The average molecular weight is 217 g/mol. The molecule has 0 heterocycles. The molecule has 86 valence electrons. The summed E-state index contributed by atoms with van der Waals surface area (Å²) >= 11 is 0. The van der Waals surface area contributed by atoms with E-state index in [9.17, 15) is 4.79 Å². The highest BCUT2D eigenvalue weighted by Crippen LogP contribution is 2.24. The molecule has 1 aliphatic carbocycles. The second kappa shape index (κ2) is 4.69. The Bertz CT molecular complexity index is 369. The van der Waals surface area contributed by atoms with Gasteiger partial charge in [0, 0.05) is 11.6 Å². The van der Waals surface area contributed by atoms with Crippen molar-refractivity contribution < 1.29 is 4.79 Å². The molecule has 1 aromatic carbocycles. The monoisotopic (exact) mass is 217 g/mol. The molecule has 0 aromatic heterocycles. The van der Waals surface area contributed by atoms with Crippen LogP contribution < -0.4 is 5.32 Å². The van der Waals surface area contributed by atoms with E-state index in [4.69, 9.17) is 0 Å². The molecule has 2 unspecified atom stereocenters. The lowest BCUT2D eigenvalue weighted by Crippen LogP contribution is -2.32. The normalized spacial score (nSPS) is 24.4. The van der Waals surface area contributed by atoms with E-state index < -0.39 is 0 Å². The van der Waals surface area contributed by atoms with Gasteiger partial charge in [0.1, 0.15) is 0 Å². The molecule has 16 heavy (non-hydrogen) atoms. The molecular formula is C14H19NO. The predicted molar refractivity (Wildman–Crippen MR) is 65.4 cm³/mol. The van der Waals surface area contributed by atoms with Crippen LogP contribution in [0.3, 0.4) is 0 Å². The summed E-state index contributed by atoms with van der Waals surface area (Å²) in [5.74, 6) is 0.822. The molecule has 2 rings (SSSR count). The Balaban J connectivity index is 1.95. The van der Waals surface area contributed by atoms with Crippen molar-refractivity contribution in [2.45, 2.75) is 39.2 Å². The van der Waals surface area contributed by atoms with Crippen molar-refractivity contribution >= 4 is 5.91 Å². The molecule has 2 heteroatoms. The SMILES string of the molecule is Cc1ccc(C(=O)NC2CCC(C)C2)cc1. The zero-order valence-corrected chi connectivity index (χ0v) is 9.99. The number of nitrogens with one attached hydrogen (secondary N) is 1. The zero-order chi connectivity index (χ0) is 11.5. The first kappa shape index (κ1) is 11.2. The number of carbonyl (C=O) groups excluding carboxylic acids is 1. The summed E-state index contributed by atoms with van der Waals surface area (Å²) in [7, 11) is 0. The van der Waals surface area contributed by atoms with Gasteiger partial charge in [0.05, 0.1) is 0 Å². The van der Waals surface area contributed by atoms with Gasteiger partial charge in [-0.05, 0) is 44.2 Å². The van der Waals surface area contributed by atoms with Gasteiger partial charge in [-0.3, -0.25) is 4.79 Å². The minimum Gasteiger partial charge on any atom is -0.349 e. The van der Waals surface area contributed by atoms with Crippen molar-refractivity contribution in [2.75, 3.05) is 0 Å². The third-order valence-electron chi connectivity index (χ3n) is 3.34. The third-order valence-corrected chi connectivity index (χ3v) is 3.34. The molecule has 1 fully saturated rings. The van der Waals surface area contributed by atoms with E-state index in [1.54, 1.807) is 0 Å². The first-order valence-corrected chi connectivity index (χ1v) is 6.02. The maximum atomic E-state index is 11.9. The number of hydrogen-bond donors (Lipinski definition) is 1. The second-order valence-corrected chi connectivity index (χ2v) is 4.95.